The number of alkyl halides is 5. The number of halogens is 5. The van der Waals surface area contributed by atoms with Crippen LogP contribution >= 0.6 is 0 Å². The third-order valence-corrected chi connectivity index (χ3v) is 4.72. The molecule has 13 heteroatoms. The van der Waals surface area contributed by atoms with Crippen molar-refractivity contribution in [2.24, 2.45) is 0 Å². The SMILES string of the molecule is O=C(O)C(F)(F)F.O=C(c1cnccn1)N1CCC(F)(F)C(Oc2ccc3ccccc3n2)C1. The first kappa shape index (κ1) is 24.7. The number of nitrogens with zero attached hydrogens (tertiary/aromatic N) is 4. The van der Waals surface area contributed by atoms with E-state index in [-0.39, 0.29) is 24.7 Å². The maximum absolute atomic E-state index is 14.4. The highest BCUT2D eigenvalue weighted by molar-refractivity contribution is 5.92. The van der Waals surface area contributed by atoms with Crippen LogP contribution in [-0.4, -0.2) is 68.1 Å². The first-order chi connectivity index (χ1) is 16.0. The number of carbonyl (C=O) groups is 2. The summed E-state index contributed by atoms with van der Waals surface area (Å²) in [5, 5.41) is 8.01. The lowest BCUT2D eigenvalue weighted by molar-refractivity contribution is -0.192. The Bertz CT molecular complexity index is 1160. The lowest BCUT2D eigenvalue weighted by atomic mass is 10.0. The molecule has 3 aromatic rings. The van der Waals surface area contributed by atoms with Crippen molar-refractivity contribution in [1.29, 1.82) is 0 Å². The van der Waals surface area contributed by atoms with Crippen molar-refractivity contribution in [2.75, 3.05) is 13.1 Å². The van der Waals surface area contributed by atoms with Gasteiger partial charge in [-0.05, 0) is 12.1 Å². The summed E-state index contributed by atoms with van der Waals surface area (Å²) in [5.74, 6) is -6.16. The number of aliphatic carboxylic acids is 1. The lowest BCUT2D eigenvalue weighted by Crippen LogP contribution is -2.55. The summed E-state index contributed by atoms with van der Waals surface area (Å²) >= 11 is 0. The molecule has 3 heterocycles. The van der Waals surface area contributed by atoms with Crippen LogP contribution in [0.5, 0.6) is 5.88 Å². The third kappa shape index (κ3) is 6.11. The average Bonchev–Trinajstić information content (AvgIpc) is 2.80. The maximum atomic E-state index is 14.4. The number of rotatable bonds is 3. The molecule has 1 aromatic carbocycles. The van der Waals surface area contributed by atoms with E-state index in [1.807, 2.05) is 18.2 Å². The van der Waals surface area contributed by atoms with Gasteiger partial charge in [-0.3, -0.25) is 9.78 Å². The van der Waals surface area contributed by atoms with Gasteiger partial charge in [0.1, 0.15) is 5.69 Å². The van der Waals surface area contributed by atoms with Crippen LogP contribution in [0, 0.1) is 0 Å². The van der Waals surface area contributed by atoms with E-state index in [1.54, 1.807) is 18.2 Å². The number of amides is 1. The van der Waals surface area contributed by atoms with Gasteiger partial charge in [0.25, 0.3) is 11.8 Å². The maximum Gasteiger partial charge on any atom is 0.490 e. The monoisotopic (exact) mass is 484 g/mol. The van der Waals surface area contributed by atoms with Crippen LogP contribution in [0.2, 0.25) is 0 Å². The van der Waals surface area contributed by atoms with E-state index < -0.39 is 36.5 Å². The number of fused-ring (bicyclic) bond motifs is 1. The topological polar surface area (TPSA) is 106 Å². The second-order valence-electron chi connectivity index (χ2n) is 7.10. The van der Waals surface area contributed by atoms with Crippen LogP contribution in [0.15, 0.2) is 55.0 Å². The van der Waals surface area contributed by atoms with Crippen LogP contribution in [-0.2, 0) is 4.79 Å². The first-order valence-corrected chi connectivity index (χ1v) is 9.73. The van der Waals surface area contributed by atoms with Crippen molar-refractivity contribution < 1.29 is 41.4 Å². The standard InChI is InChI=1S/C19H16F2N4O2.C2HF3O2/c20-19(21)7-10-25(18(26)15-11-22-8-9-23-15)12-16(19)27-17-6-5-13-3-1-2-4-14(13)24-17;3-2(4,5)1(6)7/h1-6,8-9,11,16H,7,10,12H2;(H,6,7). The summed E-state index contributed by atoms with van der Waals surface area (Å²) in [4.78, 5) is 34.8. The zero-order valence-electron chi connectivity index (χ0n) is 17.2. The minimum Gasteiger partial charge on any atom is -0.475 e. The molecule has 8 nitrogen and oxygen atoms in total. The number of pyridine rings is 1. The van der Waals surface area contributed by atoms with Crippen LogP contribution in [0.25, 0.3) is 10.9 Å². The van der Waals surface area contributed by atoms with E-state index in [4.69, 9.17) is 14.6 Å². The largest absolute Gasteiger partial charge is 0.490 e. The number of likely N-dealkylation sites (tertiary alicyclic amines) is 1. The van der Waals surface area contributed by atoms with E-state index >= 15 is 0 Å². The number of carboxylic acid groups (broad SMARTS) is 1. The number of para-hydroxylation sites is 1. The van der Waals surface area contributed by atoms with E-state index in [0.717, 1.165) is 5.39 Å². The minimum absolute atomic E-state index is 0.0760. The molecule has 4 rings (SSSR count). The molecule has 0 spiro atoms. The van der Waals surface area contributed by atoms with Gasteiger partial charge in [-0.15, -0.1) is 0 Å². The van der Waals surface area contributed by atoms with Gasteiger partial charge in [-0.1, -0.05) is 18.2 Å². The Morgan fingerprint density at radius 1 is 1.12 bits per heavy atom. The van der Waals surface area contributed by atoms with Crippen molar-refractivity contribution >= 4 is 22.8 Å². The molecule has 1 amide bonds. The van der Waals surface area contributed by atoms with Crippen LogP contribution < -0.4 is 4.74 Å². The number of carbonyl (C=O) groups excluding carboxylic acids is 1. The molecule has 1 unspecified atom stereocenters. The van der Waals surface area contributed by atoms with Crippen molar-refractivity contribution in [3.8, 4) is 5.88 Å². The van der Waals surface area contributed by atoms with E-state index in [2.05, 4.69) is 15.0 Å². The summed E-state index contributed by atoms with van der Waals surface area (Å²) < 4.78 is 66.0. The first-order valence-electron chi connectivity index (χ1n) is 9.73. The molecule has 1 saturated heterocycles. The Kier molecular flexibility index (Phi) is 7.23. The van der Waals surface area contributed by atoms with Gasteiger partial charge in [0, 0.05) is 36.8 Å². The molecule has 0 aliphatic carbocycles. The molecule has 34 heavy (non-hydrogen) atoms. The molecular weight excluding hydrogens is 467 g/mol. The normalized spacial score (nSPS) is 17.4. The van der Waals surface area contributed by atoms with Gasteiger partial charge in [0.2, 0.25) is 5.88 Å². The van der Waals surface area contributed by atoms with Crippen LogP contribution in [0.1, 0.15) is 16.9 Å². The van der Waals surface area contributed by atoms with Crippen molar-refractivity contribution in [1.82, 2.24) is 19.9 Å². The number of piperidine rings is 1. The molecule has 1 atom stereocenters. The molecule has 180 valence electrons. The minimum atomic E-state index is -5.08. The second kappa shape index (κ2) is 9.93. The van der Waals surface area contributed by atoms with Crippen molar-refractivity contribution in [3.63, 3.8) is 0 Å². The van der Waals surface area contributed by atoms with Gasteiger partial charge in [-0.2, -0.15) is 13.2 Å². The fraction of sp³-hybridized carbons (Fsp3) is 0.286. The number of ether oxygens (including phenoxy) is 1. The predicted octanol–water partition coefficient (Wildman–Crippen LogP) is 3.59. The Balaban J connectivity index is 0.000000406. The van der Waals surface area contributed by atoms with Crippen molar-refractivity contribution in [3.05, 3.63) is 60.7 Å². The number of hydrogen-bond donors (Lipinski definition) is 1. The number of carboxylic acids is 1. The Morgan fingerprint density at radius 3 is 2.47 bits per heavy atom. The Morgan fingerprint density at radius 2 is 1.82 bits per heavy atom. The zero-order valence-corrected chi connectivity index (χ0v) is 17.2. The quantitative estimate of drug-likeness (QED) is 0.567. The lowest BCUT2D eigenvalue weighted by Gasteiger charge is -2.37. The number of aromatic nitrogens is 3. The van der Waals surface area contributed by atoms with E-state index in [9.17, 15) is 26.7 Å². The van der Waals surface area contributed by atoms with Crippen molar-refractivity contribution in [2.45, 2.75) is 24.6 Å². The molecule has 1 aliphatic rings. The molecule has 0 radical (unpaired) electrons. The highest BCUT2D eigenvalue weighted by atomic mass is 19.4. The molecule has 1 fully saturated rings. The highest BCUT2D eigenvalue weighted by Gasteiger charge is 2.47. The van der Waals surface area contributed by atoms with E-state index in [0.29, 0.717) is 5.52 Å². The molecule has 0 bridgehead atoms. The van der Waals surface area contributed by atoms with Gasteiger partial charge in [-0.25, -0.2) is 23.5 Å². The number of hydrogen-bond acceptors (Lipinski definition) is 6. The summed E-state index contributed by atoms with van der Waals surface area (Å²) in [6, 6.07) is 10.7. The highest BCUT2D eigenvalue weighted by Crippen LogP contribution is 2.32. The fourth-order valence-corrected chi connectivity index (χ4v) is 3.01. The van der Waals surface area contributed by atoms with Gasteiger partial charge < -0.3 is 14.7 Å². The Labute approximate surface area is 189 Å². The fourth-order valence-electron chi connectivity index (χ4n) is 3.01. The summed E-state index contributed by atoms with van der Waals surface area (Å²) in [5.41, 5.74) is 0.770. The molecule has 0 saturated carbocycles. The third-order valence-electron chi connectivity index (χ3n) is 4.72. The predicted molar refractivity (Wildman–Crippen MR) is 107 cm³/mol. The van der Waals surface area contributed by atoms with Crippen LogP contribution in [0.3, 0.4) is 0 Å². The average molecular weight is 484 g/mol. The summed E-state index contributed by atoms with van der Waals surface area (Å²) in [6.07, 6.45) is -2.91. The summed E-state index contributed by atoms with van der Waals surface area (Å²) in [6.45, 7) is -0.329. The molecule has 1 N–H and O–H groups in total. The molecule has 2 aromatic heterocycles. The molecular formula is C21H17F5N4O4. The zero-order chi connectivity index (χ0) is 24.9. The van der Waals surface area contributed by atoms with Gasteiger partial charge in [0.05, 0.1) is 18.3 Å². The molecule has 1 aliphatic heterocycles. The van der Waals surface area contributed by atoms with Crippen LogP contribution in [0.4, 0.5) is 22.0 Å². The smallest absolute Gasteiger partial charge is 0.475 e. The summed E-state index contributed by atoms with van der Waals surface area (Å²) in [7, 11) is 0. The van der Waals surface area contributed by atoms with E-state index in [1.165, 1.54) is 23.5 Å². The second-order valence-corrected chi connectivity index (χ2v) is 7.10. The Hall–Kier alpha value is -3.90. The van der Waals surface area contributed by atoms with Gasteiger partial charge >= 0.3 is 12.1 Å². The number of benzene rings is 1. The van der Waals surface area contributed by atoms with Gasteiger partial charge in [0.15, 0.2) is 6.10 Å².